The second-order valence-corrected chi connectivity index (χ2v) is 4.86. The fourth-order valence-corrected chi connectivity index (χ4v) is 2.36. The second kappa shape index (κ2) is 5.71. The van der Waals surface area contributed by atoms with Crippen molar-refractivity contribution in [3.8, 4) is 17.0 Å². The molecule has 0 aliphatic rings. The summed E-state index contributed by atoms with van der Waals surface area (Å²) in [5, 5.41) is 3.05. The van der Waals surface area contributed by atoms with Crippen molar-refractivity contribution in [3.63, 3.8) is 0 Å². The summed E-state index contributed by atoms with van der Waals surface area (Å²) in [6, 6.07) is 4.82. The molecule has 0 amide bonds. The minimum Gasteiger partial charge on any atom is -0.494 e. The molecule has 0 radical (unpaired) electrons. The summed E-state index contributed by atoms with van der Waals surface area (Å²) in [7, 11) is 5.21. The van der Waals surface area contributed by atoms with Crippen LogP contribution in [0.4, 0.5) is 4.39 Å². The van der Waals surface area contributed by atoms with E-state index >= 15 is 0 Å². The van der Waals surface area contributed by atoms with Crippen molar-refractivity contribution in [1.29, 1.82) is 0 Å². The number of imidazole rings is 1. The first-order valence-electron chi connectivity index (χ1n) is 5.78. The maximum absolute atomic E-state index is 13.7. The number of halogens is 2. The molecule has 6 heteroatoms. The summed E-state index contributed by atoms with van der Waals surface area (Å²) in [5.41, 5.74) is 1.43. The molecule has 102 valence electrons. The fourth-order valence-electron chi connectivity index (χ4n) is 1.84. The van der Waals surface area contributed by atoms with Gasteiger partial charge >= 0.3 is 0 Å². The molecular weight excluding hydrogens is 313 g/mol. The fraction of sp³-hybridized carbons (Fsp3) is 0.308. The van der Waals surface area contributed by atoms with E-state index in [-0.39, 0.29) is 5.75 Å². The molecule has 0 aliphatic heterocycles. The lowest BCUT2D eigenvalue weighted by atomic mass is 10.1. The largest absolute Gasteiger partial charge is 0.494 e. The normalized spacial score (nSPS) is 10.8. The minimum absolute atomic E-state index is 0.228. The van der Waals surface area contributed by atoms with Crippen LogP contribution in [0.5, 0.6) is 5.75 Å². The van der Waals surface area contributed by atoms with Crippen molar-refractivity contribution in [2.75, 3.05) is 14.2 Å². The van der Waals surface area contributed by atoms with Gasteiger partial charge in [0, 0.05) is 12.6 Å². The first kappa shape index (κ1) is 14.0. The van der Waals surface area contributed by atoms with E-state index in [9.17, 15) is 4.39 Å². The number of benzene rings is 1. The Balaban J connectivity index is 2.47. The van der Waals surface area contributed by atoms with Crippen LogP contribution in [0, 0.1) is 5.82 Å². The zero-order chi connectivity index (χ0) is 14.0. The highest BCUT2D eigenvalue weighted by molar-refractivity contribution is 9.10. The quantitative estimate of drug-likeness (QED) is 0.938. The van der Waals surface area contributed by atoms with E-state index < -0.39 is 5.82 Å². The Morgan fingerprint density at radius 1 is 1.47 bits per heavy atom. The summed E-state index contributed by atoms with van der Waals surface area (Å²) >= 11 is 3.49. The lowest BCUT2D eigenvalue weighted by Gasteiger charge is -2.04. The van der Waals surface area contributed by atoms with Gasteiger partial charge in [0.25, 0.3) is 0 Å². The minimum atomic E-state index is -0.396. The highest BCUT2D eigenvalue weighted by Gasteiger charge is 2.15. The zero-order valence-electron chi connectivity index (χ0n) is 11.0. The lowest BCUT2D eigenvalue weighted by Crippen LogP contribution is -2.10. The van der Waals surface area contributed by atoms with E-state index in [0.717, 1.165) is 10.4 Å². The molecule has 0 saturated heterocycles. The third kappa shape index (κ3) is 2.64. The smallest absolute Gasteiger partial charge is 0.165 e. The number of aromatic nitrogens is 2. The van der Waals surface area contributed by atoms with E-state index in [1.54, 1.807) is 12.1 Å². The van der Waals surface area contributed by atoms with Crippen LogP contribution in [0.1, 0.15) is 5.82 Å². The topological polar surface area (TPSA) is 39.1 Å². The van der Waals surface area contributed by atoms with E-state index in [0.29, 0.717) is 17.8 Å². The van der Waals surface area contributed by atoms with Gasteiger partial charge in [0.05, 0.1) is 13.7 Å². The summed E-state index contributed by atoms with van der Waals surface area (Å²) in [4.78, 5) is 4.51. The second-order valence-electron chi connectivity index (χ2n) is 4.11. The Morgan fingerprint density at radius 3 is 2.79 bits per heavy atom. The van der Waals surface area contributed by atoms with Crippen LogP contribution in [0.25, 0.3) is 11.3 Å². The van der Waals surface area contributed by atoms with Crippen molar-refractivity contribution >= 4 is 15.9 Å². The maximum atomic E-state index is 13.7. The Morgan fingerprint density at radius 2 is 2.21 bits per heavy atom. The highest BCUT2D eigenvalue weighted by atomic mass is 79.9. The van der Waals surface area contributed by atoms with E-state index in [1.807, 2.05) is 18.7 Å². The van der Waals surface area contributed by atoms with Crippen molar-refractivity contribution in [1.82, 2.24) is 14.9 Å². The molecule has 0 atom stereocenters. The lowest BCUT2D eigenvalue weighted by molar-refractivity contribution is 0.386. The molecule has 4 nitrogen and oxygen atoms in total. The van der Waals surface area contributed by atoms with Crippen molar-refractivity contribution in [2.24, 2.45) is 7.05 Å². The number of rotatable bonds is 4. The van der Waals surface area contributed by atoms with Crippen LogP contribution in [-0.4, -0.2) is 23.7 Å². The first-order chi connectivity index (χ1) is 9.08. The van der Waals surface area contributed by atoms with Gasteiger partial charge in [0.15, 0.2) is 11.6 Å². The van der Waals surface area contributed by atoms with Gasteiger partial charge in [-0.3, -0.25) is 0 Å². The molecule has 1 aromatic heterocycles. The number of nitrogens with zero attached hydrogens (tertiary/aromatic N) is 2. The van der Waals surface area contributed by atoms with Gasteiger partial charge in [-0.15, -0.1) is 0 Å². The van der Waals surface area contributed by atoms with E-state index in [1.165, 1.54) is 13.2 Å². The third-order valence-corrected chi connectivity index (χ3v) is 3.79. The zero-order valence-corrected chi connectivity index (χ0v) is 12.6. The standard InChI is InChI=1S/C13H15BrFN3O/c1-16-7-11-17-12(13(14)18(11)2)8-4-5-10(19-3)9(15)6-8/h4-6,16H,7H2,1-3H3. The van der Waals surface area contributed by atoms with Gasteiger partial charge in [0.2, 0.25) is 0 Å². The Labute approximate surface area is 119 Å². The molecule has 0 spiro atoms. The molecule has 0 aliphatic carbocycles. The van der Waals surface area contributed by atoms with Crippen LogP contribution in [0.15, 0.2) is 22.8 Å². The number of hydrogen-bond donors (Lipinski definition) is 1. The molecule has 0 saturated carbocycles. The predicted octanol–water partition coefficient (Wildman–Crippen LogP) is 2.72. The summed E-state index contributed by atoms with van der Waals surface area (Å²) in [6.07, 6.45) is 0. The van der Waals surface area contributed by atoms with Crippen LogP contribution >= 0.6 is 15.9 Å². The van der Waals surface area contributed by atoms with Crippen LogP contribution in [-0.2, 0) is 13.6 Å². The monoisotopic (exact) mass is 327 g/mol. The molecule has 19 heavy (non-hydrogen) atoms. The molecule has 2 aromatic rings. The molecule has 0 bridgehead atoms. The number of nitrogens with one attached hydrogen (secondary N) is 1. The summed E-state index contributed by atoms with van der Waals surface area (Å²) in [5.74, 6) is 0.708. The Bertz CT molecular complexity index is 598. The van der Waals surface area contributed by atoms with Gasteiger partial charge < -0.3 is 14.6 Å². The van der Waals surface area contributed by atoms with Gasteiger partial charge in [-0.2, -0.15) is 0 Å². The van der Waals surface area contributed by atoms with Crippen LogP contribution < -0.4 is 10.1 Å². The maximum Gasteiger partial charge on any atom is 0.165 e. The molecular formula is C13H15BrFN3O. The van der Waals surface area contributed by atoms with Gasteiger partial charge in [-0.05, 0) is 41.2 Å². The number of methoxy groups -OCH3 is 1. The SMILES string of the molecule is CNCc1nc(-c2ccc(OC)c(F)c2)c(Br)n1C. The summed E-state index contributed by atoms with van der Waals surface area (Å²) < 4.78 is 21.4. The Hall–Kier alpha value is -1.40. The van der Waals surface area contributed by atoms with Crippen LogP contribution in [0.2, 0.25) is 0 Å². The molecule has 1 N–H and O–H groups in total. The Kier molecular flexibility index (Phi) is 4.21. The molecule has 0 fully saturated rings. The van der Waals surface area contributed by atoms with Gasteiger partial charge in [-0.1, -0.05) is 0 Å². The number of ether oxygens (including phenoxy) is 1. The van der Waals surface area contributed by atoms with Gasteiger partial charge in [-0.25, -0.2) is 9.37 Å². The highest BCUT2D eigenvalue weighted by Crippen LogP contribution is 2.30. The van der Waals surface area contributed by atoms with Crippen molar-refractivity contribution < 1.29 is 9.13 Å². The average Bonchev–Trinajstić information content (AvgIpc) is 2.67. The van der Waals surface area contributed by atoms with Crippen molar-refractivity contribution in [3.05, 3.63) is 34.4 Å². The third-order valence-electron chi connectivity index (χ3n) is 2.88. The van der Waals surface area contributed by atoms with Crippen molar-refractivity contribution in [2.45, 2.75) is 6.54 Å². The summed E-state index contributed by atoms with van der Waals surface area (Å²) in [6.45, 7) is 0.647. The molecule has 1 heterocycles. The first-order valence-corrected chi connectivity index (χ1v) is 6.57. The average molecular weight is 328 g/mol. The van der Waals surface area contributed by atoms with E-state index in [2.05, 4.69) is 26.2 Å². The predicted molar refractivity (Wildman–Crippen MR) is 75.6 cm³/mol. The van der Waals surface area contributed by atoms with Crippen LogP contribution in [0.3, 0.4) is 0 Å². The van der Waals surface area contributed by atoms with E-state index in [4.69, 9.17) is 4.74 Å². The van der Waals surface area contributed by atoms with Gasteiger partial charge in [0.1, 0.15) is 16.1 Å². The molecule has 1 aromatic carbocycles. The molecule has 0 unspecified atom stereocenters. The number of hydrogen-bond acceptors (Lipinski definition) is 3. The molecule has 2 rings (SSSR count).